The molecule has 1 aromatic carbocycles. The summed E-state index contributed by atoms with van der Waals surface area (Å²) in [4.78, 5) is 11.2. The number of ether oxygens (including phenoxy) is 1. The molecule has 1 aromatic heterocycles. The van der Waals surface area contributed by atoms with Gasteiger partial charge in [0.15, 0.2) is 24.7 Å². The van der Waals surface area contributed by atoms with Crippen LogP contribution in [-0.4, -0.2) is 42.3 Å². The maximum atomic E-state index is 11.2. The number of aromatic nitrogens is 1. The van der Waals surface area contributed by atoms with E-state index in [1.165, 1.54) is 6.92 Å². The zero-order valence-corrected chi connectivity index (χ0v) is 15.2. The molecule has 26 heavy (non-hydrogen) atoms. The molecular weight excluding hydrogens is 358 g/mol. The van der Waals surface area contributed by atoms with E-state index < -0.39 is 16.2 Å². The van der Waals surface area contributed by atoms with Crippen LogP contribution in [0.2, 0.25) is 0 Å². The van der Waals surface area contributed by atoms with Crippen LogP contribution >= 0.6 is 0 Å². The van der Waals surface area contributed by atoms with Gasteiger partial charge in [0, 0.05) is 17.7 Å². The first kappa shape index (κ1) is 20.0. The number of benzene rings is 1. The summed E-state index contributed by atoms with van der Waals surface area (Å²) in [6.07, 6.45) is 2.94. The number of pyridine rings is 1. The van der Waals surface area contributed by atoms with Crippen LogP contribution in [0.4, 0.5) is 0 Å². The predicted octanol–water partition coefficient (Wildman–Crippen LogP) is 1.05. The van der Waals surface area contributed by atoms with Crippen LogP contribution in [0.25, 0.3) is 0 Å². The van der Waals surface area contributed by atoms with E-state index in [0.29, 0.717) is 17.9 Å². The molecule has 0 aliphatic carbocycles. The SMILES string of the molecule is CC(=O)c1ccc(OCC(O)C[n+]2ccc(CCS(=O)(=O)O)cc2)cc1. The summed E-state index contributed by atoms with van der Waals surface area (Å²) in [6.45, 7) is 1.89. The molecule has 8 heteroatoms. The van der Waals surface area contributed by atoms with Gasteiger partial charge in [0.2, 0.25) is 0 Å². The Morgan fingerprint density at radius 2 is 1.77 bits per heavy atom. The fourth-order valence-electron chi connectivity index (χ4n) is 2.30. The number of nitrogens with zero attached hydrogens (tertiary/aromatic N) is 1. The van der Waals surface area contributed by atoms with Crippen molar-refractivity contribution in [1.82, 2.24) is 0 Å². The fraction of sp³-hybridized carbons (Fsp3) is 0.333. The number of Topliss-reactive ketones (excluding diaryl/α,β-unsaturated/α-hetero) is 1. The monoisotopic (exact) mass is 380 g/mol. The second-order valence-corrected chi connectivity index (χ2v) is 7.56. The second-order valence-electron chi connectivity index (χ2n) is 5.98. The first-order valence-electron chi connectivity index (χ1n) is 8.08. The highest BCUT2D eigenvalue weighted by molar-refractivity contribution is 7.85. The highest BCUT2D eigenvalue weighted by atomic mass is 32.2. The molecule has 2 rings (SSSR count). The molecule has 2 aromatic rings. The van der Waals surface area contributed by atoms with E-state index in [4.69, 9.17) is 9.29 Å². The lowest BCUT2D eigenvalue weighted by atomic mass is 10.1. The lowest BCUT2D eigenvalue weighted by Crippen LogP contribution is -2.41. The average molecular weight is 380 g/mol. The van der Waals surface area contributed by atoms with Crippen molar-refractivity contribution < 1.29 is 32.2 Å². The van der Waals surface area contributed by atoms with E-state index >= 15 is 0 Å². The minimum atomic E-state index is -3.97. The number of rotatable bonds is 9. The lowest BCUT2D eigenvalue weighted by Gasteiger charge is -2.10. The Labute approximate surface area is 152 Å². The van der Waals surface area contributed by atoms with Crippen LogP contribution in [0, 0.1) is 0 Å². The summed E-state index contributed by atoms with van der Waals surface area (Å²) in [5, 5.41) is 10.1. The zero-order valence-electron chi connectivity index (χ0n) is 14.4. The maximum absolute atomic E-state index is 11.2. The third-order valence-electron chi connectivity index (χ3n) is 3.73. The topological polar surface area (TPSA) is 105 Å². The summed E-state index contributed by atoms with van der Waals surface area (Å²) in [7, 11) is -3.97. The molecule has 7 nitrogen and oxygen atoms in total. The van der Waals surface area contributed by atoms with Crippen molar-refractivity contribution in [1.29, 1.82) is 0 Å². The smallest absolute Gasteiger partial charge is 0.265 e. The number of ketones is 1. The molecule has 0 amide bonds. The molecule has 0 saturated carbocycles. The first-order valence-corrected chi connectivity index (χ1v) is 9.69. The molecule has 1 unspecified atom stereocenters. The van der Waals surface area contributed by atoms with E-state index in [9.17, 15) is 18.3 Å². The normalized spacial score (nSPS) is 12.6. The molecule has 2 N–H and O–H groups in total. The van der Waals surface area contributed by atoms with Crippen LogP contribution in [0.5, 0.6) is 5.75 Å². The van der Waals surface area contributed by atoms with Crippen LogP contribution in [0.1, 0.15) is 22.8 Å². The Bertz CT molecular complexity index is 831. The zero-order chi connectivity index (χ0) is 19.2. The van der Waals surface area contributed by atoms with Gasteiger partial charge in [0.25, 0.3) is 10.1 Å². The fourth-order valence-corrected chi connectivity index (χ4v) is 2.79. The van der Waals surface area contributed by atoms with Gasteiger partial charge in [-0.05, 0) is 43.2 Å². The molecule has 0 bridgehead atoms. The number of carbonyl (C=O) groups is 1. The molecule has 0 radical (unpaired) electrons. The summed E-state index contributed by atoms with van der Waals surface area (Å²) >= 11 is 0. The summed E-state index contributed by atoms with van der Waals surface area (Å²) < 4.78 is 37.5. The number of aryl methyl sites for hydroxylation is 1. The standard InChI is InChI=1S/C18H21NO6S/c1-14(20)16-2-4-18(5-3-16)25-13-17(21)12-19-9-6-15(7-10-19)8-11-26(22,23)24/h2-7,9-10,17,21H,8,11-13H2,1H3/p+1. The largest absolute Gasteiger partial charge is 0.491 e. The van der Waals surface area contributed by atoms with Gasteiger partial charge in [-0.15, -0.1) is 0 Å². The van der Waals surface area contributed by atoms with E-state index in [2.05, 4.69) is 0 Å². The minimum Gasteiger partial charge on any atom is -0.491 e. The van der Waals surface area contributed by atoms with Crippen molar-refractivity contribution in [3.63, 3.8) is 0 Å². The number of carbonyl (C=O) groups excluding carboxylic acids is 1. The summed E-state index contributed by atoms with van der Waals surface area (Å²) in [5.74, 6) is 0.225. The number of hydrogen-bond acceptors (Lipinski definition) is 5. The molecule has 1 heterocycles. The molecule has 1 atom stereocenters. The predicted molar refractivity (Wildman–Crippen MR) is 94.7 cm³/mol. The number of aliphatic hydroxyl groups is 1. The molecular formula is C18H22NO6S+. The van der Waals surface area contributed by atoms with Gasteiger partial charge in [-0.1, -0.05) is 0 Å². The van der Waals surface area contributed by atoms with Gasteiger partial charge in [-0.2, -0.15) is 8.42 Å². The third kappa shape index (κ3) is 6.91. The highest BCUT2D eigenvalue weighted by Gasteiger charge is 2.13. The Morgan fingerprint density at radius 3 is 2.31 bits per heavy atom. The van der Waals surface area contributed by atoms with Gasteiger partial charge < -0.3 is 9.84 Å². The van der Waals surface area contributed by atoms with Gasteiger partial charge in [0.1, 0.15) is 18.5 Å². The van der Waals surface area contributed by atoms with E-state index in [0.717, 1.165) is 5.56 Å². The quantitative estimate of drug-likeness (QED) is 0.383. The van der Waals surface area contributed by atoms with E-state index in [1.54, 1.807) is 53.4 Å². The molecule has 140 valence electrons. The van der Waals surface area contributed by atoms with Gasteiger partial charge in [-0.25, -0.2) is 4.57 Å². The van der Waals surface area contributed by atoms with Gasteiger partial charge in [0.05, 0.1) is 5.75 Å². The lowest BCUT2D eigenvalue weighted by molar-refractivity contribution is -0.703. The van der Waals surface area contributed by atoms with Crippen molar-refractivity contribution in [2.24, 2.45) is 0 Å². The van der Waals surface area contributed by atoms with Crippen LogP contribution in [-0.2, 0) is 23.1 Å². The molecule has 0 fully saturated rings. The van der Waals surface area contributed by atoms with Gasteiger partial charge >= 0.3 is 0 Å². The summed E-state index contributed by atoms with van der Waals surface area (Å²) in [6, 6.07) is 10.2. The maximum Gasteiger partial charge on any atom is 0.265 e. The van der Waals surface area contributed by atoms with Crippen LogP contribution in [0.15, 0.2) is 48.8 Å². The Morgan fingerprint density at radius 1 is 1.15 bits per heavy atom. The van der Waals surface area contributed by atoms with Crippen LogP contribution < -0.4 is 9.30 Å². The summed E-state index contributed by atoms with van der Waals surface area (Å²) in [5.41, 5.74) is 1.37. The first-order chi connectivity index (χ1) is 12.2. The van der Waals surface area contributed by atoms with Crippen molar-refractivity contribution in [3.05, 3.63) is 59.9 Å². The molecule has 0 saturated heterocycles. The third-order valence-corrected chi connectivity index (χ3v) is 4.45. The average Bonchev–Trinajstić information content (AvgIpc) is 2.59. The Balaban J connectivity index is 1.81. The van der Waals surface area contributed by atoms with E-state index in [-0.39, 0.29) is 24.6 Å². The second kappa shape index (κ2) is 8.88. The van der Waals surface area contributed by atoms with Crippen molar-refractivity contribution >= 4 is 15.9 Å². The van der Waals surface area contributed by atoms with Crippen molar-refractivity contribution in [3.8, 4) is 5.75 Å². The highest BCUT2D eigenvalue weighted by Crippen LogP contribution is 2.12. The van der Waals surface area contributed by atoms with Crippen LogP contribution in [0.3, 0.4) is 0 Å². The Hall–Kier alpha value is -2.29. The number of aliphatic hydroxyl groups excluding tert-OH is 1. The molecule has 0 aliphatic rings. The number of hydrogen-bond donors (Lipinski definition) is 2. The molecule has 0 aliphatic heterocycles. The minimum absolute atomic E-state index is 0.0204. The van der Waals surface area contributed by atoms with E-state index in [1.807, 2.05) is 0 Å². The van der Waals surface area contributed by atoms with Crippen molar-refractivity contribution in [2.45, 2.75) is 26.0 Å². The molecule has 0 spiro atoms. The Kier molecular flexibility index (Phi) is 6.84. The van der Waals surface area contributed by atoms with Gasteiger partial charge in [-0.3, -0.25) is 9.35 Å². The van der Waals surface area contributed by atoms with Crippen molar-refractivity contribution in [2.75, 3.05) is 12.4 Å².